The molecule has 0 aromatic heterocycles. The number of carbonyl (C=O) groups is 3. The number of carboxylic acid groups (broad SMARTS) is 1. The summed E-state index contributed by atoms with van der Waals surface area (Å²) >= 11 is 3.59. The first-order valence-corrected chi connectivity index (χ1v) is 14.9. The second-order valence-corrected chi connectivity index (χ2v) is 11.8. The van der Waals surface area contributed by atoms with Gasteiger partial charge in [0.05, 0.1) is 17.9 Å². The number of anilines is 2. The van der Waals surface area contributed by atoms with Crippen LogP contribution in [0.1, 0.15) is 46.0 Å². The Morgan fingerprint density at radius 1 is 1.15 bits per heavy atom. The molecule has 10 heteroatoms. The van der Waals surface area contributed by atoms with Gasteiger partial charge in [-0.2, -0.15) is 0 Å². The lowest BCUT2D eigenvalue weighted by Crippen LogP contribution is -2.57. The molecule has 4 rings (SSSR count). The van der Waals surface area contributed by atoms with Gasteiger partial charge in [-0.1, -0.05) is 34.8 Å². The maximum Gasteiger partial charge on any atom is 0.310 e. The van der Waals surface area contributed by atoms with Gasteiger partial charge in [-0.3, -0.25) is 14.4 Å². The minimum atomic E-state index is -1.21. The van der Waals surface area contributed by atoms with Gasteiger partial charge in [0.2, 0.25) is 5.91 Å². The second kappa shape index (κ2) is 12.4. The molecule has 1 spiro atoms. The first kappa shape index (κ1) is 29.6. The Kier molecular flexibility index (Phi) is 9.39. The fourth-order valence-electron chi connectivity index (χ4n) is 6.71. The molecule has 39 heavy (non-hydrogen) atoms. The average molecular weight is 607 g/mol. The van der Waals surface area contributed by atoms with Crippen molar-refractivity contribution < 1.29 is 29.3 Å². The standard InChI is InChI=1S/C29H40BrN3O6/c1-4-15-32(20-13-11-19(12-14-20)31(5-2)6-3)27(36)25-29-18-21(30)24(39-29)22(28(37)38)23(29)26(35)33(25)16-9-7-8-10-17-34/h4,11-14,21-25,34H,1,5-10,15-18H2,2-3H3,(H,37,38)/t21?,22-,23+,24-,25-,29+/m0/s1. The first-order chi connectivity index (χ1) is 18.7. The van der Waals surface area contributed by atoms with Crippen LogP contribution in [0.2, 0.25) is 0 Å². The number of ether oxygens (including phenoxy) is 1. The molecule has 2 amide bonds. The van der Waals surface area contributed by atoms with Gasteiger partial charge in [0, 0.05) is 49.0 Å². The van der Waals surface area contributed by atoms with E-state index in [0.29, 0.717) is 31.5 Å². The number of alkyl halides is 1. The van der Waals surface area contributed by atoms with Crippen LogP contribution in [0.4, 0.5) is 11.4 Å². The van der Waals surface area contributed by atoms with Gasteiger partial charge in [-0.05, 0) is 57.4 Å². The topological polar surface area (TPSA) is 111 Å². The van der Waals surface area contributed by atoms with Crippen LogP contribution in [0.5, 0.6) is 0 Å². The zero-order chi connectivity index (χ0) is 28.3. The Morgan fingerprint density at radius 3 is 2.38 bits per heavy atom. The third-order valence-electron chi connectivity index (χ3n) is 8.48. The number of aliphatic hydroxyl groups is 1. The van der Waals surface area contributed by atoms with Crippen molar-refractivity contribution in [2.24, 2.45) is 11.8 Å². The van der Waals surface area contributed by atoms with E-state index in [1.165, 1.54) is 0 Å². The van der Waals surface area contributed by atoms with Crippen LogP contribution in [0.25, 0.3) is 0 Å². The van der Waals surface area contributed by atoms with E-state index < -0.39 is 35.6 Å². The molecule has 9 nitrogen and oxygen atoms in total. The number of nitrogens with zero attached hydrogens (tertiary/aromatic N) is 3. The number of carboxylic acids is 1. The number of likely N-dealkylation sites (tertiary alicyclic amines) is 1. The van der Waals surface area contributed by atoms with E-state index in [0.717, 1.165) is 31.6 Å². The minimum Gasteiger partial charge on any atom is -0.481 e. The van der Waals surface area contributed by atoms with Crippen LogP contribution in [-0.2, 0) is 19.1 Å². The Bertz CT molecular complexity index is 1060. The van der Waals surface area contributed by atoms with E-state index in [2.05, 4.69) is 41.3 Å². The van der Waals surface area contributed by atoms with Crippen molar-refractivity contribution in [2.75, 3.05) is 42.6 Å². The fraction of sp³-hybridized carbons (Fsp3) is 0.621. The monoisotopic (exact) mass is 605 g/mol. The predicted molar refractivity (Wildman–Crippen MR) is 153 cm³/mol. The summed E-state index contributed by atoms with van der Waals surface area (Å²) in [7, 11) is 0. The van der Waals surface area contributed by atoms with Crippen molar-refractivity contribution in [1.29, 1.82) is 0 Å². The van der Waals surface area contributed by atoms with Gasteiger partial charge in [-0.25, -0.2) is 0 Å². The number of aliphatic carboxylic acids is 1. The summed E-state index contributed by atoms with van der Waals surface area (Å²) in [5.41, 5.74) is 0.531. The molecule has 3 fully saturated rings. The summed E-state index contributed by atoms with van der Waals surface area (Å²) in [6.07, 6.45) is 4.30. The molecule has 3 aliphatic heterocycles. The molecule has 0 radical (unpaired) electrons. The largest absolute Gasteiger partial charge is 0.481 e. The third-order valence-corrected chi connectivity index (χ3v) is 9.33. The van der Waals surface area contributed by atoms with Crippen LogP contribution in [-0.4, -0.2) is 88.3 Å². The highest BCUT2D eigenvalue weighted by Crippen LogP contribution is 2.60. The Labute approximate surface area is 238 Å². The highest BCUT2D eigenvalue weighted by Gasteiger charge is 2.76. The van der Waals surface area contributed by atoms with Gasteiger partial charge in [-0.15, -0.1) is 6.58 Å². The zero-order valence-electron chi connectivity index (χ0n) is 22.8. The average Bonchev–Trinajstić information content (AvgIpc) is 3.51. The molecular weight excluding hydrogens is 566 g/mol. The van der Waals surface area contributed by atoms with Crippen LogP contribution in [0.15, 0.2) is 36.9 Å². The van der Waals surface area contributed by atoms with Gasteiger partial charge in [0.1, 0.15) is 11.6 Å². The molecule has 214 valence electrons. The van der Waals surface area contributed by atoms with E-state index >= 15 is 0 Å². The molecular formula is C29H40BrN3O6. The quantitative estimate of drug-likeness (QED) is 0.190. The number of rotatable bonds is 14. The summed E-state index contributed by atoms with van der Waals surface area (Å²) in [5, 5.41) is 19.2. The summed E-state index contributed by atoms with van der Waals surface area (Å²) in [4.78, 5) is 45.8. The van der Waals surface area contributed by atoms with Crippen LogP contribution < -0.4 is 9.80 Å². The molecule has 3 aliphatic rings. The van der Waals surface area contributed by atoms with E-state index in [-0.39, 0.29) is 29.8 Å². The number of hydrogen-bond donors (Lipinski definition) is 2. The van der Waals surface area contributed by atoms with E-state index in [1.54, 1.807) is 15.9 Å². The lowest BCUT2D eigenvalue weighted by atomic mass is 9.70. The van der Waals surface area contributed by atoms with Crippen molar-refractivity contribution in [3.05, 3.63) is 36.9 Å². The molecule has 6 atom stereocenters. The molecule has 3 saturated heterocycles. The predicted octanol–water partition coefficient (Wildman–Crippen LogP) is 3.44. The minimum absolute atomic E-state index is 0.112. The molecule has 2 bridgehead atoms. The van der Waals surface area contributed by atoms with Crippen molar-refractivity contribution in [3.8, 4) is 0 Å². The number of halogens is 1. The lowest BCUT2D eigenvalue weighted by molar-refractivity contribution is -0.149. The summed E-state index contributed by atoms with van der Waals surface area (Å²) in [5.74, 6) is -3.60. The van der Waals surface area contributed by atoms with E-state index in [9.17, 15) is 19.5 Å². The molecule has 1 aromatic rings. The number of aliphatic hydroxyl groups excluding tert-OH is 1. The number of amides is 2. The molecule has 1 unspecified atom stereocenters. The number of unbranched alkanes of at least 4 members (excludes halogenated alkanes) is 3. The lowest BCUT2D eigenvalue weighted by Gasteiger charge is -2.37. The number of hydrogen-bond acceptors (Lipinski definition) is 6. The van der Waals surface area contributed by atoms with Crippen molar-refractivity contribution in [1.82, 2.24) is 4.90 Å². The number of fused-ring (bicyclic) bond motifs is 1. The van der Waals surface area contributed by atoms with Crippen molar-refractivity contribution in [2.45, 2.75) is 68.5 Å². The smallest absolute Gasteiger partial charge is 0.310 e. The number of benzene rings is 1. The summed E-state index contributed by atoms with van der Waals surface area (Å²) in [6.45, 7) is 10.5. The highest BCUT2D eigenvalue weighted by atomic mass is 79.9. The summed E-state index contributed by atoms with van der Waals surface area (Å²) < 4.78 is 6.39. The SMILES string of the molecule is C=CCN(C(=O)[C@@H]1N(CCCCCCO)C(=O)[C@H]2[C@H](C(=O)O)[C@H]3O[C@@]12CC3Br)c1ccc(N(CC)CC)cc1. The molecule has 0 aliphatic carbocycles. The van der Waals surface area contributed by atoms with Crippen LogP contribution in [0.3, 0.4) is 0 Å². The normalized spacial score (nSPS) is 29.0. The maximum atomic E-state index is 14.5. The van der Waals surface area contributed by atoms with Gasteiger partial charge in [0.15, 0.2) is 0 Å². The Morgan fingerprint density at radius 2 is 1.79 bits per heavy atom. The highest BCUT2D eigenvalue weighted by molar-refractivity contribution is 9.09. The maximum absolute atomic E-state index is 14.5. The molecule has 0 saturated carbocycles. The van der Waals surface area contributed by atoms with Gasteiger partial charge in [0.25, 0.3) is 5.91 Å². The van der Waals surface area contributed by atoms with Crippen LogP contribution in [0, 0.1) is 11.8 Å². The van der Waals surface area contributed by atoms with E-state index in [4.69, 9.17) is 9.84 Å². The fourth-order valence-corrected chi connectivity index (χ4v) is 7.65. The zero-order valence-corrected chi connectivity index (χ0v) is 24.4. The van der Waals surface area contributed by atoms with Gasteiger partial charge < -0.3 is 29.6 Å². The van der Waals surface area contributed by atoms with Crippen LogP contribution >= 0.6 is 15.9 Å². The van der Waals surface area contributed by atoms with Crippen molar-refractivity contribution in [3.63, 3.8) is 0 Å². The van der Waals surface area contributed by atoms with Gasteiger partial charge >= 0.3 is 5.97 Å². The molecule has 3 heterocycles. The molecule has 2 N–H and O–H groups in total. The van der Waals surface area contributed by atoms with Crippen molar-refractivity contribution >= 4 is 45.1 Å². The second-order valence-electron chi connectivity index (χ2n) is 10.6. The Hall–Kier alpha value is -2.43. The third kappa shape index (κ3) is 5.23. The summed E-state index contributed by atoms with van der Waals surface area (Å²) in [6, 6.07) is 6.84. The van der Waals surface area contributed by atoms with E-state index in [1.807, 2.05) is 24.3 Å². The molecule has 1 aromatic carbocycles. The first-order valence-electron chi connectivity index (χ1n) is 14.0. The number of carbonyl (C=O) groups excluding carboxylic acids is 2. The Balaban J connectivity index is 1.69.